The molecule has 3 aromatic rings. The molecule has 2 N–H and O–H groups in total. The van der Waals surface area contributed by atoms with Crippen LogP contribution in [0.5, 0.6) is 11.5 Å². The molecule has 0 bridgehead atoms. The quantitative estimate of drug-likeness (QED) is 0.506. The van der Waals surface area contributed by atoms with Gasteiger partial charge >= 0.3 is 6.18 Å². The van der Waals surface area contributed by atoms with Gasteiger partial charge in [0, 0.05) is 18.4 Å². The van der Waals surface area contributed by atoms with E-state index >= 15 is 0 Å². The molecule has 0 spiro atoms. The van der Waals surface area contributed by atoms with Gasteiger partial charge < -0.3 is 19.7 Å². The summed E-state index contributed by atoms with van der Waals surface area (Å²) >= 11 is 0. The summed E-state index contributed by atoms with van der Waals surface area (Å²) in [4.78, 5) is 5.24. The van der Waals surface area contributed by atoms with Crippen LogP contribution in [0.4, 0.5) is 13.2 Å². The molecule has 1 saturated carbocycles. The minimum Gasteiger partial charge on any atom is -0.495 e. The zero-order valence-corrected chi connectivity index (χ0v) is 20.7. The van der Waals surface area contributed by atoms with Gasteiger partial charge in [-0.05, 0) is 30.3 Å². The fourth-order valence-corrected chi connectivity index (χ4v) is 6.26. The third-order valence-corrected chi connectivity index (χ3v) is 7.59. The first kappa shape index (κ1) is 26.0. The number of aromatic nitrogens is 1. The normalized spacial score (nSPS) is 27.9. The van der Waals surface area contributed by atoms with E-state index in [0.29, 0.717) is 16.7 Å². The van der Waals surface area contributed by atoms with E-state index in [4.69, 9.17) is 9.47 Å². The zero-order valence-electron chi connectivity index (χ0n) is 20.7. The molecule has 10 heteroatoms. The molecule has 1 aliphatic heterocycles. The molecule has 5 rings (SSSR count). The number of halogens is 3. The molecule has 5 atom stereocenters. The maximum Gasteiger partial charge on any atom is 0.401 e. The van der Waals surface area contributed by atoms with Crippen LogP contribution in [0, 0.1) is 17.2 Å². The van der Waals surface area contributed by atoms with Crippen LogP contribution in [-0.4, -0.2) is 59.6 Å². The van der Waals surface area contributed by atoms with Crippen molar-refractivity contribution in [2.45, 2.75) is 29.4 Å². The van der Waals surface area contributed by atoms with E-state index in [2.05, 4.69) is 11.1 Å². The molecular weight excluding hydrogens is 499 g/mol. The summed E-state index contributed by atoms with van der Waals surface area (Å²) in [7, 11) is 2.72. The number of alkyl halides is 3. The van der Waals surface area contributed by atoms with Gasteiger partial charge in [-0.2, -0.15) is 18.4 Å². The highest BCUT2D eigenvalue weighted by Gasteiger charge is 2.76. The summed E-state index contributed by atoms with van der Waals surface area (Å²) < 4.78 is 51.9. The van der Waals surface area contributed by atoms with Crippen molar-refractivity contribution in [1.29, 1.82) is 5.26 Å². The number of aliphatic hydroxyl groups is 2. The molecule has 2 heterocycles. The SMILES string of the molecule is COc1cncc2c1[C@]1(O)[C@H](O)[C@H](CN(C)CC(F)(F)F)[C@@H](c3ccccc3)C1(c1ccc(C#N)cc1)O2. The van der Waals surface area contributed by atoms with Gasteiger partial charge in [-0.1, -0.05) is 42.5 Å². The number of hydrogen-bond donors (Lipinski definition) is 2. The average molecular weight is 526 g/mol. The topological polar surface area (TPSA) is 98.8 Å². The van der Waals surface area contributed by atoms with Crippen molar-refractivity contribution >= 4 is 0 Å². The zero-order chi connectivity index (χ0) is 27.3. The predicted molar refractivity (Wildman–Crippen MR) is 130 cm³/mol. The lowest BCUT2D eigenvalue weighted by atomic mass is 9.70. The Labute approximate surface area is 217 Å². The van der Waals surface area contributed by atoms with E-state index in [1.165, 1.54) is 26.6 Å². The fraction of sp³-hybridized carbons (Fsp3) is 0.357. The van der Waals surface area contributed by atoms with Gasteiger partial charge in [0.1, 0.15) is 11.5 Å². The number of pyridine rings is 1. The number of nitrogens with zero attached hydrogens (tertiary/aromatic N) is 3. The second-order valence-electron chi connectivity index (χ2n) is 9.82. The summed E-state index contributed by atoms with van der Waals surface area (Å²) in [5.74, 6) is -1.32. The van der Waals surface area contributed by atoms with Crippen molar-refractivity contribution in [3.63, 3.8) is 0 Å². The van der Waals surface area contributed by atoms with Crippen LogP contribution in [0.1, 0.15) is 28.2 Å². The average Bonchev–Trinajstić information content (AvgIpc) is 3.26. The summed E-state index contributed by atoms with van der Waals surface area (Å²) in [5, 5.41) is 33.9. The molecule has 1 aliphatic carbocycles. The van der Waals surface area contributed by atoms with Gasteiger partial charge in [0.25, 0.3) is 0 Å². The molecular formula is C28H26F3N3O4. The maximum absolute atomic E-state index is 13.3. The Bertz CT molecular complexity index is 1360. The van der Waals surface area contributed by atoms with Crippen LogP contribution < -0.4 is 9.47 Å². The molecule has 1 fully saturated rings. The van der Waals surface area contributed by atoms with Crippen molar-refractivity contribution < 1.29 is 32.9 Å². The number of rotatable bonds is 6. The Balaban J connectivity index is 1.78. The lowest BCUT2D eigenvalue weighted by molar-refractivity contribution is -0.155. The molecule has 2 aliphatic rings. The molecule has 1 unspecified atom stereocenters. The lowest BCUT2D eigenvalue weighted by Gasteiger charge is -2.41. The van der Waals surface area contributed by atoms with Crippen LogP contribution in [-0.2, 0) is 11.2 Å². The number of nitriles is 1. The first-order chi connectivity index (χ1) is 18.1. The largest absolute Gasteiger partial charge is 0.495 e. The number of fused-ring (bicyclic) bond motifs is 3. The molecule has 0 radical (unpaired) electrons. The monoisotopic (exact) mass is 525 g/mol. The Morgan fingerprint density at radius 2 is 1.82 bits per heavy atom. The van der Waals surface area contributed by atoms with Crippen LogP contribution in [0.25, 0.3) is 0 Å². The first-order valence-electron chi connectivity index (χ1n) is 12.0. The standard InChI is InChI=1S/C28H26F3N3O4/c1-34(16-26(29,30)31)15-20-23(18-6-4-3-5-7-18)28(19-10-8-17(12-32)9-11-19)27(36,25(20)35)24-21(37-2)13-33-14-22(24)38-28/h3-11,13-14,20,23,25,35-36H,15-16H2,1-2H3/t20-,23-,25-,27+,28?/m1/s1. The van der Waals surface area contributed by atoms with Gasteiger partial charge in [-0.25, -0.2) is 0 Å². The number of ether oxygens (including phenoxy) is 2. The molecule has 38 heavy (non-hydrogen) atoms. The van der Waals surface area contributed by atoms with Gasteiger partial charge in [-0.3, -0.25) is 9.88 Å². The van der Waals surface area contributed by atoms with Gasteiger partial charge in [0.05, 0.1) is 49.3 Å². The number of aliphatic hydroxyl groups excluding tert-OH is 1. The van der Waals surface area contributed by atoms with E-state index in [1.54, 1.807) is 54.6 Å². The van der Waals surface area contributed by atoms with Crippen molar-refractivity contribution in [3.05, 3.63) is 89.2 Å². The fourth-order valence-electron chi connectivity index (χ4n) is 6.26. The molecule has 0 saturated heterocycles. The van der Waals surface area contributed by atoms with Crippen molar-refractivity contribution in [3.8, 4) is 17.6 Å². The molecule has 2 aromatic carbocycles. The summed E-state index contributed by atoms with van der Waals surface area (Å²) in [6, 6.07) is 17.5. The second-order valence-corrected chi connectivity index (χ2v) is 9.82. The Hall–Kier alpha value is -3.65. The molecule has 198 valence electrons. The number of benzene rings is 2. The molecule has 7 nitrogen and oxygen atoms in total. The first-order valence-corrected chi connectivity index (χ1v) is 12.0. The van der Waals surface area contributed by atoms with E-state index in [-0.39, 0.29) is 23.6 Å². The molecule has 0 amide bonds. The Morgan fingerprint density at radius 3 is 2.42 bits per heavy atom. The van der Waals surface area contributed by atoms with E-state index in [0.717, 1.165) is 4.90 Å². The van der Waals surface area contributed by atoms with E-state index < -0.39 is 41.9 Å². The Kier molecular flexibility index (Phi) is 6.34. The summed E-state index contributed by atoms with van der Waals surface area (Å²) in [5.41, 5.74) is -2.14. The minimum absolute atomic E-state index is 0.175. The molecule has 1 aromatic heterocycles. The minimum atomic E-state index is -4.45. The Morgan fingerprint density at radius 1 is 1.13 bits per heavy atom. The number of hydrogen-bond acceptors (Lipinski definition) is 7. The van der Waals surface area contributed by atoms with Crippen LogP contribution in [0.15, 0.2) is 67.0 Å². The van der Waals surface area contributed by atoms with Crippen LogP contribution in [0.2, 0.25) is 0 Å². The van der Waals surface area contributed by atoms with E-state index in [1.807, 2.05) is 0 Å². The third-order valence-electron chi connectivity index (χ3n) is 7.59. The predicted octanol–water partition coefficient (Wildman–Crippen LogP) is 3.71. The van der Waals surface area contributed by atoms with E-state index in [9.17, 15) is 28.6 Å². The summed E-state index contributed by atoms with van der Waals surface area (Å²) in [6.07, 6.45) is -3.20. The van der Waals surface area contributed by atoms with Crippen LogP contribution >= 0.6 is 0 Å². The smallest absolute Gasteiger partial charge is 0.401 e. The van der Waals surface area contributed by atoms with Crippen LogP contribution in [0.3, 0.4) is 0 Å². The third kappa shape index (κ3) is 3.81. The highest BCUT2D eigenvalue weighted by Crippen LogP contribution is 2.69. The lowest BCUT2D eigenvalue weighted by Crippen LogP contribution is -2.52. The van der Waals surface area contributed by atoms with Gasteiger partial charge in [0.15, 0.2) is 11.2 Å². The van der Waals surface area contributed by atoms with Crippen molar-refractivity contribution in [1.82, 2.24) is 9.88 Å². The number of methoxy groups -OCH3 is 1. The maximum atomic E-state index is 13.3. The highest BCUT2D eigenvalue weighted by molar-refractivity contribution is 5.59. The summed E-state index contributed by atoms with van der Waals surface area (Å²) in [6.45, 7) is -1.38. The van der Waals surface area contributed by atoms with Gasteiger partial charge in [0.2, 0.25) is 0 Å². The highest BCUT2D eigenvalue weighted by atomic mass is 19.4. The van der Waals surface area contributed by atoms with Crippen molar-refractivity contribution in [2.24, 2.45) is 5.92 Å². The van der Waals surface area contributed by atoms with Gasteiger partial charge in [-0.15, -0.1) is 0 Å². The second kappa shape index (κ2) is 9.27. The van der Waals surface area contributed by atoms with Crippen molar-refractivity contribution in [2.75, 3.05) is 27.2 Å².